The lowest BCUT2D eigenvalue weighted by atomic mass is 10.1. The van der Waals surface area contributed by atoms with Crippen molar-refractivity contribution in [3.8, 4) is 0 Å². The molecule has 0 radical (unpaired) electrons. The van der Waals surface area contributed by atoms with E-state index in [0.29, 0.717) is 6.61 Å². The Bertz CT molecular complexity index is 243. The molecular weight excluding hydrogens is 200 g/mol. The van der Waals surface area contributed by atoms with Crippen LogP contribution >= 0.6 is 0 Å². The Morgan fingerprint density at radius 1 is 1.31 bits per heavy atom. The summed E-state index contributed by atoms with van der Waals surface area (Å²) in [6.45, 7) is 7.98. The molecule has 0 aliphatic carbocycles. The highest BCUT2D eigenvalue weighted by Crippen LogP contribution is 2.13. The fraction of sp³-hybridized carbons (Fsp3) is 0.714. The molecule has 0 amide bonds. The second kappa shape index (κ2) is 7.64. The van der Waals surface area contributed by atoms with Crippen molar-refractivity contribution in [2.45, 2.75) is 52.7 Å². The number of rotatable bonds is 6. The van der Waals surface area contributed by atoms with Crippen molar-refractivity contribution in [1.82, 2.24) is 0 Å². The zero-order valence-corrected chi connectivity index (χ0v) is 10.8. The molecule has 2 heteroatoms. The maximum Gasteiger partial charge on any atom is 0.158 e. The number of hydrogen-bond acceptors (Lipinski definition) is 2. The Kier molecular flexibility index (Phi) is 6.43. The quantitative estimate of drug-likeness (QED) is 0.638. The van der Waals surface area contributed by atoms with Gasteiger partial charge >= 0.3 is 0 Å². The predicted octanol–water partition coefficient (Wildman–Crippen LogP) is 3.83. The van der Waals surface area contributed by atoms with Gasteiger partial charge in [0.05, 0.1) is 6.61 Å². The fourth-order valence-corrected chi connectivity index (χ4v) is 1.67. The summed E-state index contributed by atoms with van der Waals surface area (Å²) >= 11 is 0. The van der Waals surface area contributed by atoms with Gasteiger partial charge in [0.1, 0.15) is 0 Å². The Hall–Kier alpha value is -0.600. The van der Waals surface area contributed by atoms with E-state index in [4.69, 9.17) is 9.47 Å². The summed E-state index contributed by atoms with van der Waals surface area (Å²) in [5.41, 5.74) is 2.79. The number of ether oxygens (including phenoxy) is 2. The van der Waals surface area contributed by atoms with E-state index in [2.05, 4.69) is 32.9 Å². The molecule has 1 aliphatic heterocycles. The fourth-order valence-electron chi connectivity index (χ4n) is 1.67. The van der Waals surface area contributed by atoms with E-state index in [1.54, 1.807) is 0 Å². The topological polar surface area (TPSA) is 18.5 Å². The zero-order chi connectivity index (χ0) is 11.8. The van der Waals surface area contributed by atoms with Crippen molar-refractivity contribution < 1.29 is 9.47 Å². The predicted molar refractivity (Wildman–Crippen MR) is 67.3 cm³/mol. The average Bonchev–Trinajstić information content (AvgIpc) is 2.70. The van der Waals surface area contributed by atoms with E-state index in [9.17, 15) is 0 Å². The van der Waals surface area contributed by atoms with E-state index in [1.807, 2.05) is 0 Å². The maximum atomic E-state index is 5.59. The van der Waals surface area contributed by atoms with Crippen molar-refractivity contribution in [3.63, 3.8) is 0 Å². The van der Waals surface area contributed by atoms with Crippen molar-refractivity contribution in [2.75, 3.05) is 13.2 Å². The second-order valence-electron chi connectivity index (χ2n) is 4.65. The maximum absolute atomic E-state index is 5.59. The van der Waals surface area contributed by atoms with Gasteiger partial charge in [-0.05, 0) is 40.0 Å². The molecule has 0 spiro atoms. The molecule has 0 aromatic heterocycles. The Morgan fingerprint density at radius 2 is 2.12 bits per heavy atom. The number of hydrogen-bond donors (Lipinski definition) is 0. The molecule has 2 nitrogen and oxygen atoms in total. The highest BCUT2D eigenvalue weighted by Gasteiger charge is 2.14. The minimum absolute atomic E-state index is 0.0434. The SMILES string of the molecule is CC(C)=CCCC(C)=CCOC1CCCO1. The van der Waals surface area contributed by atoms with Crippen LogP contribution in [0.2, 0.25) is 0 Å². The lowest BCUT2D eigenvalue weighted by Crippen LogP contribution is -2.10. The van der Waals surface area contributed by atoms with Crippen molar-refractivity contribution in [1.29, 1.82) is 0 Å². The molecule has 1 fully saturated rings. The minimum atomic E-state index is 0.0434. The van der Waals surface area contributed by atoms with E-state index in [0.717, 1.165) is 32.3 Å². The van der Waals surface area contributed by atoms with Crippen LogP contribution in [0.25, 0.3) is 0 Å². The van der Waals surface area contributed by atoms with E-state index in [-0.39, 0.29) is 6.29 Å². The first kappa shape index (κ1) is 13.5. The highest BCUT2D eigenvalue weighted by atomic mass is 16.7. The van der Waals surface area contributed by atoms with Crippen LogP contribution in [0.1, 0.15) is 46.5 Å². The van der Waals surface area contributed by atoms with Crippen molar-refractivity contribution in [2.24, 2.45) is 0 Å². The van der Waals surface area contributed by atoms with E-state index in [1.165, 1.54) is 11.1 Å². The summed E-state index contributed by atoms with van der Waals surface area (Å²) in [5.74, 6) is 0. The lowest BCUT2D eigenvalue weighted by Gasteiger charge is -2.09. The normalized spacial score (nSPS) is 21.2. The van der Waals surface area contributed by atoms with Gasteiger partial charge in [0.15, 0.2) is 6.29 Å². The molecule has 1 saturated heterocycles. The Balaban J connectivity index is 2.10. The molecule has 1 aliphatic rings. The van der Waals surface area contributed by atoms with Gasteiger partial charge in [0.2, 0.25) is 0 Å². The summed E-state index contributed by atoms with van der Waals surface area (Å²) in [5, 5.41) is 0. The third-order valence-corrected chi connectivity index (χ3v) is 2.69. The lowest BCUT2D eigenvalue weighted by molar-refractivity contribution is -0.101. The molecule has 0 aromatic rings. The summed E-state index contributed by atoms with van der Waals surface area (Å²) in [7, 11) is 0. The van der Waals surface area contributed by atoms with Gasteiger partial charge < -0.3 is 9.47 Å². The van der Waals surface area contributed by atoms with Crippen LogP contribution in [-0.2, 0) is 9.47 Å². The molecule has 1 heterocycles. The highest BCUT2D eigenvalue weighted by molar-refractivity contribution is 5.02. The first-order valence-electron chi connectivity index (χ1n) is 6.20. The number of allylic oxidation sites excluding steroid dienone is 3. The zero-order valence-electron chi connectivity index (χ0n) is 10.8. The molecule has 1 atom stereocenters. The van der Waals surface area contributed by atoms with Gasteiger partial charge in [0.25, 0.3) is 0 Å². The molecule has 0 aromatic carbocycles. The van der Waals surface area contributed by atoms with Crippen molar-refractivity contribution in [3.05, 3.63) is 23.3 Å². The van der Waals surface area contributed by atoms with Gasteiger partial charge in [-0.25, -0.2) is 0 Å². The van der Waals surface area contributed by atoms with Crippen LogP contribution in [0, 0.1) is 0 Å². The van der Waals surface area contributed by atoms with Gasteiger partial charge in [-0.2, -0.15) is 0 Å². The van der Waals surface area contributed by atoms with Crippen LogP contribution in [0.5, 0.6) is 0 Å². The molecule has 16 heavy (non-hydrogen) atoms. The molecule has 0 bridgehead atoms. The summed E-state index contributed by atoms with van der Waals surface area (Å²) in [6.07, 6.45) is 8.92. The Morgan fingerprint density at radius 3 is 2.75 bits per heavy atom. The van der Waals surface area contributed by atoms with E-state index >= 15 is 0 Å². The smallest absolute Gasteiger partial charge is 0.158 e. The first-order chi connectivity index (χ1) is 7.68. The second-order valence-corrected chi connectivity index (χ2v) is 4.65. The molecule has 0 saturated carbocycles. The van der Waals surface area contributed by atoms with Crippen LogP contribution in [0.3, 0.4) is 0 Å². The third kappa shape index (κ3) is 6.09. The molecule has 0 N–H and O–H groups in total. The first-order valence-corrected chi connectivity index (χ1v) is 6.20. The summed E-state index contributed by atoms with van der Waals surface area (Å²) < 4.78 is 11.0. The van der Waals surface area contributed by atoms with Crippen LogP contribution in [0.4, 0.5) is 0 Å². The summed E-state index contributed by atoms with van der Waals surface area (Å²) in [6, 6.07) is 0. The Labute approximate surface area is 99.3 Å². The van der Waals surface area contributed by atoms with Crippen LogP contribution in [0.15, 0.2) is 23.3 Å². The van der Waals surface area contributed by atoms with Crippen LogP contribution in [-0.4, -0.2) is 19.5 Å². The standard InChI is InChI=1S/C14H24O2/c1-12(2)6-4-7-13(3)9-11-16-14-8-5-10-15-14/h6,9,14H,4-5,7-8,10-11H2,1-3H3. The molecular formula is C14H24O2. The van der Waals surface area contributed by atoms with Crippen molar-refractivity contribution >= 4 is 0 Å². The summed E-state index contributed by atoms with van der Waals surface area (Å²) in [4.78, 5) is 0. The molecule has 92 valence electrons. The molecule has 1 unspecified atom stereocenters. The monoisotopic (exact) mass is 224 g/mol. The molecule has 1 rings (SSSR count). The van der Waals surface area contributed by atoms with Gasteiger partial charge in [-0.1, -0.05) is 23.3 Å². The van der Waals surface area contributed by atoms with Crippen LogP contribution < -0.4 is 0 Å². The largest absolute Gasteiger partial charge is 0.353 e. The van der Waals surface area contributed by atoms with Gasteiger partial charge in [0, 0.05) is 13.0 Å². The third-order valence-electron chi connectivity index (χ3n) is 2.69. The van der Waals surface area contributed by atoms with E-state index < -0.39 is 0 Å². The average molecular weight is 224 g/mol. The van der Waals surface area contributed by atoms with Gasteiger partial charge in [-0.15, -0.1) is 0 Å². The van der Waals surface area contributed by atoms with Gasteiger partial charge in [-0.3, -0.25) is 0 Å². The minimum Gasteiger partial charge on any atom is -0.353 e.